The maximum atomic E-state index is 5.80. The molecule has 0 atom stereocenters. The molecule has 3 rings (SSSR count). The lowest BCUT2D eigenvalue weighted by Gasteiger charge is -2.34. The van der Waals surface area contributed by atoms with Crippen molar-refractivity contribution in [2.45, 2.75) is 25.4 Å². The van der Waals surface area contributed by atoms with E-state index >= 15 is 0 Å². The van der Waals surface area contributed by atoms with Crippen molar-refractivity contribution in [1.29, 1.82) is 0 Å². The highest BCUT2D eigenvalue weighted by molar-refractivity contribution is 5.78. The van der Waals surface area contributed by atoms with E-state index < -0.39 is 0 Å². The van der Waals surface area contributed by atoms with Crippen LogP contribution in [0.25, 0.3) is 11.0 Å². The van der Waals surface area contributed by atoms with Gasteiger partial charge in [-0.1, -0.05) is 0 Å². The molecule has 1 aromatic carbocycles. The number of nitrogens with zero attached hydrogens (tertiary/aromatic N) is 3. The van der Waals surface area contributed by atoms with Gasteiger partial charge in [-0.15, -0.1) is 0 Å². The molecule has 108 valence electrons. The van der Waals surface area contributed by atoms with Gasteiger partial charge in [0.2, 0.25) is 0 Å². The Balaban J connectivity index is 1.69. The van der Waals surface area contributed by atoms with E-state index in [-0.39, 0.29) is 0 Å². The molecule has 0 aliphatic carbocycles. The zero-order valence-electron chi connectivity index (χ0n) is 12.3. The standard InChI is InChI=1S/C15H23N5/c1-19-7-5-12(6-8-19)20(2)10-15-17-13-4-3-11(16)9-14(13)18-15/h3-4,9,12H,5-8,10,16H2,1-2H3,(H,17,18). The highest BCUT2D eigenvalue weighted by atomic mass is 15.2. The van der Waals surface area contributed by atoms with Crippen LogP contribution in [0.4, 0.5) is 5.69 Å². The average molecular weight is 273 g/mol. The van der Waals surface area contributed by atoms with Gasteiger partial charge < -0.3 is 15.6 Å². The number of piperidine rings is 1. The van der Waals surface area contributed by atoms with Gasteiger partial charge in [-0.25, -0.2) is 4.98 Å². The molecule has 20 heavy (non-hydrogen) atoms. The molecule has 2 heterocycles. The smallest absolute Gasteiger partial charge is 0.121 e. The summed E-state index contributed by atoms with van der Waals surface area (Å²) in [5, 5.41) is 0. The third-order valence-electron chi connectivity index (χ3n) is 4.27. The van der Waals surface area contributed by atoms with Crippen LogP contribution in [-0.2, 0) is 6.54 Å². The summed E-state index contributed by atoms with van der Waals surface area (Å²) in [7, 11) is 4.39. The van der Waals surface area contributed by atoms with E-state index in [0.717, 1.165) is 29.1 Å². The molecule has 0 spiro atoms. The fraction of sp³-hybridized carbons (Fsp3) is 0.533. The lowest BCUT2D eigenvalue weighted by atomic mass is 10.0. The largest absolute Gasteiger partial charge is 0.399 e. The van der Waals surface area contributed by atoms with Gasteiger partial charge in [0.25, 0.3) is 0 Å². The van der Waals surface area contributed by atoms with Crippen molar-refractivity contribution in [3.63, 3.8) is 0 Å². The summed E-state index contributed by atoms with van der Waals surface area (Å²) < 4.78 is 0. The fourth-order valence-electron chi connectivity index (χ4n) is 2.96. The lowest BCUT2D eigenvalue weighted by Crippen LogP contribution is -2.41. The van der Waals surface area contributed by atoms with Gasteiger partial charge in [0.1, 0.15) is 5.82 Å². The number of aromatic amines is 1. The van der Waals surface area contributed by atoms with Gasteiger partial charge in [0, 0.05) is 11.7 Å². The SMILES string of the molecule is CN1CCC(N(C)Cc2nc3ccc(N)cc3[nH]2)CC1. The van der Waals surface area contributed by atoms with Crippen LogP contribution in [0.5, 0.6) is 0 Å². The predicted octanol–water partition coefficient (Wildman–Crippen LogP) is 1.67. The van der Waals surface area contributed by atoms with Gasteiger partial charge in [-0.05, 0) is 58.2 Å². The number of benzene rings is 1. The van der Waals surface area contributed by atoms with Crippen molar-refractivity contribution in [3.05, 3.63) is 24.0 Å². The number of hydrogen-bond acceptors (Lipinski definition) is 4. The van der Waals surface area contributed by atoms with Crippen molar-refractivity contribution in [1.82, 2.24) is 19.8 Å². The second-order valence-corrected chi connectivity index (χ2v) is 5.91. The molecule has 0 saturated carbocycles. The number of imidazole rings is 1. The zero-order valence-corrected chi connectivity index (χ0v) is 12.3. The molecule has 0 unspecified atom stereocenters. The summed E-state index contributed by atoms with van der Waals surface area (Å²) in [6.45, 7) is 3.24. The molecule has 3 N–H and O–H groups in total. The number of likely N-dealkylation sites (tertiary alicyclic amines) is 1. The van der Waals surface area contributed by atoms with Gasteiger partial charge in [-0.2, -0.15) is 0 Å². The number of nitrogens with two attached hydrogens (primary N) is 1. The summed E-state index contributed by atoms with van der Waals surface area (Å²) in [6.07, 6.45) is 2.47. The molecule has 1 aromatic heterocycles. The van der Waals surface area contributed by atoms with Crippen molar-refractivity contribution in [3.8, 4) is 0 Å². The molecular formula is C15H23N5. The number of nitrogen functional groups attached to an aromatic ring is 1. The van der Waals surface area contributed by atoms with Crippen LogP contribution in [0.15, 0.2) is 18.2 Å². The third-order valence-corrected chi connectivity index (χ3v) is 4.27. The van der Waals surface area contributed by atoms with Crippen LogP contribution < -0.4 is 5.73 Å². The van der Waals surface area contributed by atoms with Crippen molar-refractivity contribution < 1.29 is 0 Å². The molecule has 0 radical (unpaired) electrons. The number of aromatic nitrogens is 2. The third kappa shape index (κ3) is 2.78. The predicted molar refractivity (Wildman–Crippen MR) is 82.5 cm³/mol. The van der Waals surface area contributed by atoms with Gasteiger partial charge in [-0.3, -0.25) is 4.90 Å². The maximum absolute atomic E-state index is 5.80. The number of H-pyrrole nitrogens is 1. The Morgan fingerprint density at radius 2 is 2.15 bits per heavy atom. The fourth-order valence-corrected chi connectivity index (χ4v) is 2.96. The number of nitrogens with one attached hydrogen (secondary N) is 1. The first-order valence-electron chi connectivity index (χ1n) is 7.25. The van der Waals surface area contributed by atoms with E-state index in [1.807, 2.05) is 18.2 Å². The Labute approximate surface area is 119 Å². The summed E-state index contributed by atoms with van der Waals surface area (Å²) >= 11 is 0. The molecule has 0 bridgehead atoms. The second-order valence-electron chi connectivity index (χ2n) is 5.91. The minimum absolute atomic E-state index is 0.657. The van der Waals surface area contributed by atoms with E-state index in [2.05, 4.69) is 33.9 Å². The van der Waals surface area contributed by atoms with Crippen LogP contribution >= 0.6 is 0 Å². The molecule has 1 aliphatic rings. The summed E-state index contributed by atoms with van der Waals surface area (Å²) in [5.41, 5.74) is 8.59. The first-order valence-corrected chi connectivity index (χ1v) is 7.25. The van der Waals surface area contributed by atoms with Gasteiger partial charge in [0.15, 0.2) is 0 Å². The minimum Gasteiger partial charge on any atom is -0.399 e. The number of fused-ring (bicyclic) bond motifs is 1. The maximum Gasteiger partial charge on any atom is 0.121 e. The topological polar surface area (TPSA) is 61.2 Å². The second kappa shape index (κ2) is 5.42. The zero-order chi connectivity index (χ0) is 14.1. The van der Waals surface area contributed by atoms with Crippen LogP contribution in [0.3, 0.4) is 0 Å². The van der Waals surface area contributed by atoms with E-state index in [1.165, 1.54) is 25.9 Å². The summed E-state index contributed by atoms with van der Waals surface area (Å²) in [4.78, 5) is 12.8. The highest BCUT2D eigenvalue weighted by Crippen LogP contribution is 2.18. The van der Waals surface area contributed by atoms with Crippen molar-refractivity contribution in [2.24, 2.45) is 0 Å². The molecular weight excluding hydrogens is 250 g/mol. The number of rotatable bonds is 3. The quantitative estimate of drug-likeness (QED) is 0.835. The Morgan fingerprint density at radius 3 is 2.90 bits per heavy atom. The Kier molecular flexibility index (Phi) is 3.63. The monoisotopic (exact) mass is 273 g/mol. The van der Waals surface area contributed by atoms with Crippen LogP contribution in [0.1, 0.15) is 18.7 Å². The van der Waals surface area contributed by atoms with E-state index in [1.54, 1.807) is 0 Å². The molecule has 2 aromatic rings. The summed E-state index contributed by atoms with van der Waals surface area (Å²) in [6, 6.07) is 6.47. The summed E-state index contributed by atoms with van der Waals surface area (Å²) in [5.74, 6) is 1.02. The molecule has 1 fully saturated rings. The van der Waals surface area contributed by atoms with Crippen LogP contribution in [0.2, 0.25) is 0 Å². The Morgan fingerprint density at radius 1 is 1.40 bits per heavy atom. The van der Waals surface area contributed by atoms with E-state index in [4.69, 9.17) is 5.73 Å². The highest BCUT2D eigenvalue weighted by Gasteiger charge is 2.21. The first-order chi connectivity index (χ1) is 9.61. The Hall–Kier alpha value is -1.59. The minimum atomic E-state index is 0.657. The van der Waals surface area contributed by atoms with Gasteiger partial charge in [0.05, 0.1) is 17.6 Å². The van der Waals surface area contributed by atoms with Gasteiger partial charge >= 0.3 is 0 Å². The number of hydrogen-bond donors (Lipinski definition) is 2. The normalized spacial score (nSPS) is 18.1. The van der Waals surface area contributed by atoms with E-state index in [9.17, 15) is 0 Å². The van der Waals surface area contributed by atoms with Crippen molar-refractivity contribution in [2.75, 3.05) is 32.9 Å². The molecule has 1 aliphatic heterocycles. The molecule has 0 amide bonds. The van der Waals surface area contributed by atoms with Crippen LogP contribution in [0, 0.1) is 0 Å². The molecule has 1 saturated heterocycles. The van der Waals surface area contributed by atoms with Crippen LogP contribution in [-0.4, -0.2) is 53.0 Å². The average Bonchev–Trinajstić information content (AvgIpc) is 2.80. The molecule has 5 nitrogen and oxygen atoms in total. The lowest BCUT2D eigenvalue weighted by molar-refractivity contribution is 0.137. The Bertz CT molecular complexity index is 583. The number of anilines is 1. The molecule has 5 heteroatoms. The van der Waals surface area contributed by atoms with E-state index in [0.29, 0.717) is 6.04 Å². The van der Waals surface area contributed by atoms with Crippen molar-refractivity contribution >= 4 is 16.7 Å². The first kappa shape index (κ1) is 13.4.